The molecule has 1 aliphatic heterocycles. The highest BCUT2D eigenvalue weighted by atomic mass is 32.1. The Morgan fingerprint density at radius 2 is 1.23 bits per heavy atom. The summed E-state index contributed by atoms with van der Waals surface area (Å²) < 4.78 is 55.9. The third-order valence-electron chi connectivity index (χ3n) is 13.2. The number of rotatable bonds is 33. The number of unbranched alkanes of at least 4 members (excludes halogenated alkanes) is 1. The molecule has 7 unspecified atom stereocenters. The second kappa shape index (κ2) is 34.4. The molecule has 2 fully saturated rings. The zero-order valence-electron chi connectivity index (χ0n) is 47.7. The van der Waals surface area contributed by atoms with Crippen molar-refractivity contribution in [2.24, 2.45) is 11.8 Å². The smallest absolute Gasteiger partial charge is 0.347 e. The van der Waals surface area contributed by atoms with E-state index in [1.165, 1.54) is 20.8 Å². The fraction of sp³-hybridized carbons (Fsp3) is 0.679. The first-order valence-electron chi connectivity index (χ1n) is 27.6. The maximum absolute atomic E-state index is 13.1. The lowest BCUT2D eigenvalue weighted by Crippen LogP contribution is -2.45. The van der Waals surface area contributed by atoms with Gasteiger partial charge < -0.3 is 68.2 Å². The molecule has 4 N–H and O–H groups in total. The average Bonchev–Trinajstić information content (AvgIpc) is 4.07. The summed E-state index contributed by atoms with van der Waals surface area (Å²) in [6, 6.07) is 9.90. The molecule has 1 saturated heterocycles. The van der Waals surface area contributed by atoms with E-state index in [0.29, 0.717) is 70.6 Å². The zero-order valence-corrected chi connectivity index (χ0v) is 48.5. The maximum Gasteiger partial charge on any atom is 0.347 e. The van der Waals surface area contributed by atoms with E-state index in [-0.39, 0.29) is 68.5 Å². The van der Waals surface area contributed by atoms with Crippen LogP contribution >= 0.6 is 11.7 Å². The third kappa shape index (κ3) is 24.9. The van der Waals surface area contributed by atoms with Crippen LogP contribution in [0.5, 0.6) is 5.88 Å². The summed E-state index contributed by atoms with van der Waals surface area (Å²) in [6.45, 7) is 14.0. The number of carbonyl (C=O) groups is 8. The Morgan fingerprint density at radius 1 is 0.704 bits per heavy atom. The van der Waals surface area contributed by atoms with E-state index in [0.717, 1.165) is 37.6 Å². The monoisotopic (exact) mass is 1160 g/mol. The van der Waals surface area contributed by atoms with Crippen molar-refractivity contribution in [3.05, 3.63) is 48.0 Å². The molecule has 25 heteroatoms. The van der Waals surface area contributed by atoms with Gasteiger partial charge in [0.1, 0.15) is 12.7 Å². The number of hydrogen-bond donors (Lipinski definition) is 4. The molecule has 452 valence electrons. The molecule has 1 aromatic heterocycles. The van der Waals surface area contributed by atoms with Gasteiger partial charge in [0, 0.05) is 44.4 Å². The molecule has 0 radical (unpaired) electrons. The first kappa shape index (κ1) is 67.4. The average molecular weight is 1160 g/mol. The number of aliphatic hydroxyl groups is 3. The lowest BCUT2D eigenvalue weighted by atomic mass is 9.85. The minimum absolute atomic E-state index is 0.0431. The van der Waals surface area contributed by atoms with Crippen LogP contribution in [0.15, 0.2) is 42.5 Å². The van der Waals surface area contributed by atoms with Crippen molar-refractivity contribution < 1.29 is 96.3 Å². The van der Waals surface area contributed by atoms with E-state index in [9.17, 15) is 53.7 Å². The van der Waals surface area contributed by atoms with Gasteiger partial charge in [-0.15, -0.1) is 4.37 Å². The number of hydrogen-bond acceptors (Lipinski definition) is 25. The maximum atomic E-state index is 13.1. The number of carbonyl (C=O) groups excluding carboxylic acids is 8. The van der Waals surface area contributed by atoms with Gasteiger partial charge in [0.2, 0.25) is 5.82 Å². The number of allylic oxidation sites excluding steroid dienone is 2. The van der Waals surface area contributed by atoms with Gasteiger partial charge in [-0.1, -0.05) is 42.5 Å². The second-order valence-electron chi connectivity index (χ2n) is 21.2. The van der Waals surface area contributed by atoms with E-state index < -0.39 is 103 Å². The highest BCUT2D eigenvalue weighted by molar-refractivity contribution is 6.99. The molecule has 1 aliphatic carbocycles. The standard InChI is InChI=1S/C56H82N4O20S/c1-34(74-46(64)21-16-22-48(66)80-47(65)20-15-10-9-14-19-42-43(45(63)31-44(42)62)26-25-40(61)24-23-39-17-12-11-13-18-39)51(67)75-35(2)52(68)76-36(3)53(69)77-37(4)54(70)78-38(5)55(71)79-41(32-57-56(6,7)8)33-73-50-49(58-81-59-50)60-27-29-72-30-28-60/h9,11-14,17-18,34-38,40-45,57,61-63H,10,15-16,19-33H2,1-8H3/b14-9-/t34?,35?,36?,37?,38?,40-,41?,42?,43+,44-,45+/m1/s1. The summed E-state index contributed by atoms with van der Waals surface area (Å²) in [7, 11) is 0. The van der Waals surface area contributed by atoms with Crippen LogP contribution in [-0.2, 0) is 82.7 Å². The van der Waals surface area contributed by atoms with Crippen LogP contribution in [0.4, 0.5) is 5.82 Å². The van der Waals surface area contributed by atoms with Gasteiger partial charge in [-0.25, -0.2) is 24.0 Å². The van der Waals surface area contributed by atoms with Gasteiger partial charge in [-0.05, 0) is 131 Å². The predicted octanol–water partition coefficient (Wildman–Crippen LogP) is 4.20. The van der Waals surface area contributed by atoms with Gasteiger partial charge in [-0.2, -0.15) is 4.37 Å². The van der Waals surface area contributed by atoms with Crippen LogP contribution < -0.4 is 15.0 Å². The van der Waals surface area contributed by atoms with Crippen LogP contribution in [0.2, 0.25) is 0 Å². The Bertz CT molecular complexity index is 2360. The molecule has 81 heavy (non-hydrogen) atoms. The number of aromatic nitrogens is 2. The number of aryl methyl sites for hydroxylation is 1. The molecule has 4 rings (SSSR count). The first-order chi connectivity index (χ1) is 38.4. The number of nitrogens with zero attached hydrogens (tertiary/aromatic N) is 3. The lowest BCUT2D eigenvalue weighted by Gasteiger charge is -2.28. The molecule has 2 aliphatic rings. The van der Waals surface area contributed by atoms with Gasteiger partial charge in [0.15, 0.2) is 30.5 Å². The number of morpholine rings is 1. The van der Waals surface area contributed by atoms with E-state index in [4.69, 9.17) is 42.6 Å². The Labute approximate surface area is 477 Å². The number of benzene rings is 1. The summed E-state index contributed by atoms with van der Waals surface area (Å²) in [4.78, 5) is 103. The van der Waals surface area contributed by atoms with Gasteiger partial charge >= 0.3 is 47.8 Å². The second-order valence-corrected chi connectivity index (χ2v) is 21.7. The highest BCUT2D eigenvalue weighted by Gasteiger charge is 2.41. The summed E-state index contributed by atoms with van der Waals surface area (Å²) >= 11 is 0.975. The van der Waals surface area contributed by atoms with Crippen molar-refractivity contribution in [3.63, 3.8) is 0 Å². The fourth-order valence-electron chi connectivity index (χ4n) is 8.55. The Morgan fingerprint density at radius 3 is 1.81 bits per heavy atom. The van der Waals surface area contributed by atoms with E-state index in [1.54, 1.807) is 0 Å². The number of esters is 8. The normalized spacial score (nSPS) is 19.9. The molecular weight excluding hydrogens is 1080 g/mol. The molecule has 2 heterocycles. The molecule has 0 bridgehead atoms. The molecule has 11 atom stereocenters. The van der Waals surface area contributed by atoms with Crippen molar-refractivity contribution in [2.45, 2.75) is 193 Å². The molecular formula is C56H82N4O20S. The van der Waals surface area contributed by atoms with Gasteiger partial charge in [0.25, 0.3) is 5.88 Å². The third-order valence-corrected chi connectivity index (χ3v) is 13.7. The van der Waals surface area contributed by atoms with Crippen LogP contribution in [0.3, 0.4) is 0 Å². The van der Waals surface area contributed by atoms with Crippen LogP contribution in [0.1, 0.15) is 132 Å². The van der Waals surface area contributed by atoms with Crippen LogP contribution in [0.25, 0.3) is 0 Å². The Kier molecular flexibility index (Phi) is 28.6. The van der Waals surface area contributed by atoms with Crippen LogP contribution in [-0.4, -0.2) is 172 Å². The molecule has 2 aromatic rings. The Balaban J connectivity index is 1.07. The number of anilines is 1. The lowest BCUT2D eigenvalue weighted by molar-refractivity contribution is -0.187. The summed E-state index contributed by atoms with van der Waals surface area (Å²) in [5, 5.41) is 35.0. The highest BCUT2D eigenvalue weighted by Crippen LogP contribution is 2.38. The SMILES string of the molecule is CC(OC(=O)CCCC(=O)OC(=O)CCC/C=C\CC1[C@H](O)C[C@H](O)[C@H]1CC[C@H](O)CCc1ccccc1)C(=O)OC(C)C(=O)OC(C)C(=O)OC(C)C(=O)OC(C)C(=O)OC(CNC(C)(C)C)COc1nsnc1N1CCOCC1. The molecule has 24 nitrogen and oxygen atoms in total. The first-order valence-corrected chi connectivity index (χ1v) is 28.3. The van der Waals surface area contributed by atoms with Crippen molar-refractivity contribution in [1.82, 2.24) is 14.1 Å². The summed E-state index contributed by atoms with van der Waals surface area (Å²) in [5.74, 6) is -7.49. The minimum atomic E-state index is -1.61. The summed E-state index contributed by atoms with van der Waals surface area (Å²) in [6.07, 6.45) is -3.18. The molecule has 1 saturated carbocycles. The summed E-state index contributed by atoms with van der Waals surface area (Å²) in [5.41, 5.74) is 0.793. The number of aliphatic hydroxyl groups excluding tert-OH is 3. The topological polar surface area (TPSA) is 321 Å². The fourth-order valence-corrected chi connectivity index (χ4v) is 9.07. The Hall–Kier alpha value is -6.12. The number of nitrogens with one attached hydrogen (secondary N) is 1. The quantitative estimate of drug-likeness (QED) is 0.0256. The molecule has 1 aromatic carbocycles. The van der Waals surface area contributed by atoms with E-state index >= 15 is 0 Å². The number of ether oxygens (including phenoxy) is 9. The predicted molar refractivity (Wildman–Crippen MR) is 290 cm³/mol. The molecule has 0 spiro atoms. The van der Waals surface area contributed by atoms with Crippen molar-refractivity contribution in [2.75, 3.05) is 44.4 Å². The minimum Gasteiger partial charge on any atom is -0.470 e. The van der Waals surface area contributed by atoms with E-state index in [1.807, 2.05) is 68.2 Å². The zero-order chi connectivity index (χ0) is 59.6. The van der Waals surface area contributed by atoms with Crippen molar-refractivity contribution in [3.8, 4) is 5.88 Å². The molecule has 0 amide bonds. The van der Waals surface area contributed by atoms with E-state index in [2.05, 4.69) is 14.1 Å². The van der Waals surface area contributed by atoms with Crippen molar-refractivity contribution in [1.29, 1.82) is 0 Å². The van der Waals surface area contributed by atoms with Crippen LogP contribution in [0, 0.1) is 11.8 Å². The van der Waals surface area contributed by atoms with Gasteiger partial charge in [0.05, 0.1) is 43.3 Å². The van der Waals surface area contributed by atoms with Gasteiger partial charge in [-0.3, -0.25) is 14.4 Å². The van der Waals surface area contributed by atoms with Crippen molar-refractivity contribution >= 4 is 65.3 Å². The largest absolute Gasteiger partial charge is 0.470 e.